The molecule has 3 nitrogen and oxygen atoms in total. The molecule has 0 radical (unpaired) electrons. The Bertz CT molecular complexity index is 948. The van der Waals surface area contributed by atoms with E-state index in [0.717, 1.165) is 11.1 Å². The van der Waals surface area contributed by atoms with E-state index in [-0.39, 0.29) is 5.75 Å². The van der Waals surface area contributed by atoms with Gasteiger partial charge in [-0.3, -0.25) is 0 Å². The lowest BCUT2D eigenvalue weighted by molar-refractivity contribution is 0.0735. The Labute approximate surface area is 156 Å². The fourth-order valence-corrected chi connectivity index (χ4v) is 2.60. The summed E-state index contributed by atoms with van der Waals surface area (Å²) >= 11 is 1.70. The number of esters is 1. The van der Waals surface area contributed by atoms with Crippen molar-refractivity contribution in [1.82, 2.24) is 0 Å². The standard InChI is InChI=1S/C22H16O3S/c1-26-21-14-6-17(7-15-21)3-2-16-4-12-20(13-5-16)25-22(24)18-8-10-19(23)11-9-18/h4-15,23H,1H3. The number of phenolic OH excluding ortho intramolecular Hbond substituents is 1. The summed E-state index contributed by atoms with van der Waals surface area (Å²) in [6.07, 6.45) is 2.04. The van der Waals surface area contributed by atoms with Crippen LogP contribution in [-0.2, 0) is 0 Å². The first-order valence-electron chi connectivity index (χ1n) is 7.91. The fraction of sp³-hybridized carbons (Fsp3) is 0.0455. The maximum atomic E-state index is 12.0. The number of benzene rings is 3. The maximum absolute atomic E-state index is 12.0. The quantitative estimate of drug-likeness (QED) is 0.317. The molecule has 4 heteroatoms. The first kappa shape index (κ1) is 17.7. The molecule has 0 saturated carbocycles. The van der Waals surface area contributed by atoms with Crippen LogP contribution >= 0.6 is 11.8 Å². The second kappa shape index (κ2) is 8.28. The number of hydrogen-bond donors (Lipinski definition) is 1. The van der Waals surface area contributed by atoms with E-state index in [0.29, 0.717) is 11.3 Å². The molecule has 0 fully saturated rings. The summed E-state index contributed by atoms with van der Waals surface area (Å²) in [6, 6.07) is 21.0. The molecule has 26 heavy (non-hydrogen) atoms. The molecule has 1 N–H and O–H groups in total. The van der Waals surface area contributed by atoms with E-state index in [9.17, 15) is 9.90 Å². The van der Waals surface area contributed by atoms with Gasteiger partial charge in [0.05, 0.1) is 5.56 Å². The highest BCUT2D eigenvalue weighted by atomic mass is 32.2. The van der Waals surface area contributed by atoms with E-state index in [1.54, 1.807) is 23.9 Å². The Hall–Kier alpha value is -3.16. The van der Waals surface area contributed by atoms with Crippen LogP contribution in [0.3, 0.4) is 0 Å². The van der Waals surface area contributed by atoms with E-state index in [2.05, 4.69) is 11.8 Å². The fourth-order valence-electron chi connectivity index (χ4n) is 2.19. The Balaban J connectivity index is 1.65. The van der Waals surface area contributed by atoms with E-state index in [4.69, 9.17) is 4.74 Å². The Kier molecular flexibility index (Phi) is 5.62. The van der Waals surface area contributed by atoms with E-state index < -0.39 is 5.97 Å². The van der Waals surface area contributed by atoms with Gasteiger partial charge in [-0.2, -0.15) is 0 Å². The minimum Gasteiger partial charge on any atom is -0.508 e. The Morgan fingerprint density at radius 3 is 1.92 bits per heavy atom. The van der Waals surface area contributed by atoms with Gasteiger partial charge in [-0.25, -0.2) is 4.79 Å². The molecule has 0 aromatic heterocycles. The molecule has 0 aliphatic carbocycles. The number of carbonyl (C=O) groups is 1. The molecule has 3 aromatic carbocycles. The van der Waals surface area contributed by atoms with Crippen molar-refractivity contribution in [2.45, 2.75) is 4.90 Å². The minimum atomic E-state index is -0.474. The third kappa shape index (κ3) is 4.69. The molecule has 3 aromatic rings. The smallest absolute Gasteiger partial charge is 0.343 e. The van der Waals surface area contributed by atoms with Crippen molar-refractivity contribution in [3.63, 3.8) is 0 Å². The monoisotopic (exact) mass is 360 g/mol. The van der Waals surface area contributed by atoms with Gasteiger partial charge in [0.15, 0.2) is 0 Å². The van der Waals surface area contributed by atoms with Crippen molar-refractivity contribution in [1.29, 1.82) is 0 Å². The number of phenols is 1. The Morgan fingerprint density at radius 2 is 1.38 bits per heavy atom. The molecular weight excluding hydrogens is 344 g/mol. The van der Waals surface area contributed by atoms with E-state index >= 15 is 0 Å². The topological polar surface area (TPSA) is 46.5 Å². The molecular formula is C22H16O3S. The summed E-state index contributed by atoms with van der Waals surface area (Å²) in [5.41, 5.74) is 2.16. The summed E-state index contributed by atoms with van der Waals surface area (Å²) in [6.45, 7) is 0. The molecule has 0 aliphatic heterocycles. The highest BCUT2D eigenvalue weighted by Gasteiger charge is 2.08. The normalized spacial score (nSPS) is 9.88. The molecule has 0 saturated heterocycles. The average Bonchev–Trinajstić information content (AvgIpc) is 2.68. The predicted octanol–water partition coefficient (Wildman–Crippen LogP) is 4.73. The van der Waals surface area contributed by atoms with Gasteiger partial charge in [-0.05, 0) is 79.1 Å². The SMILES string of the molecule is CSc1ccc(C#Cc2ccc(OC(=O)c3ccc(O)cc3)cc2)cc1. The molecule has 0 atom stereocenters. The lowest BCUT2D eigenvalue weighted by atomic mass is 10.2. The second-order valence-corrected chi connectivity index (χ2v) is 6.32. The van der Waals surface area contributed by atoms with Crippen LogP contribution in [0.5, 0.6) is 11.5 Å². The maximum Gasteiger partial charge on any atom is 0.343 e. The molecule has 0 spiro atoms. The molecule has 0 unspecified atom stereocenters. The van der Waals surface area contributed by atoms with Crippen LogP contribution in [0.15, 0.2) is 77.7 Å². The van der Waals surface area contributed by atoms with Gasteiger partial charge in [0.2, 0.25) is 0 Å². The van der Waals surface area contributed by atoms with Crippen molar-refractivity contribution < 1.29 is 14.6 Å². The van der Waals surface area contributed by atoms with Gasteiger partial charge in [-0.15, -0.1) is 11.8 Å². The highest BCUT2D eigenvalue weighted by Crippen LogP contribution is 2.16. The lowest BCUT2D eigenvalue weighted by Crippen LogP contribution is -2.07. The van der Waals surface area contributed by atoms with Crippen LogP contribution < -0.4 is 4.74 Å². The summed E-state index contributed by atoms with van der Waals surface area (Å²) < 4.78 is 5.31. The highest BCUT2D eigenvalue weighted by molar-refractivity contribution is 7.98. The minimum absolute atomic E-state index is 0.104. The molecule has 0 amide bonds. The molecule has 0 heterocycles. The average molecular weight is 360 g/mol. The van der Waals surface area contributed by atoms with Crippen molar-refractivity contribution in [3.05, 3.63) is 89.5 Å². The number of thioether (sulfide) groups is 1. The number of aromatic hydroxyl groups is 1. The van der Waals surface area contributed by atoms with Gasteiger partial charge < -0.3 is 9.84 Å². The number of carbonyl (C=O) groups excluding carboxylic acids is 1. The molecule has 0 aliphatic rings. The molecule has 0 bridgehead atoms. The molecule has 3 rings (SSSR count). The summed E-state index contributed by atoms with van der Waals surface area (Å²) in [5, 5.41) is 9.25. The first-order chi connectivity index (χ1) is 12.6. The zero-order valence-corrected chi connectivity index (χ0v) is 14.9. The van der Waals surface area contributed by atoms with Gasteiger partial charge in [0.25, 0.3) is 0 Å². The zero-order valence-electron chi connectivity index (χ0n) is 14.1. The largest absolute Gasteiger partial charge is 0.508 e. The molecule has 128 valence electrons. The van der Waals surface area contributed by atoms with Crippen molar-refractivity contribution in [2.24, 2.45) is 0 Å². The van der Waals surface area contributed by atoms with E-state index in [1.165, 1.54) is 29.2 Å². The van der Waals surface area contributed by atoms with E-state index in [1.807, 2.05) is 42.7 Å². The zero-order chi connectivity index (χ0) is 18.4. The number of hydrogen-bond acceptors (Lipinski definition) is 4. The summed E-state index contributed by atoms with van der Waals surface area (Å²) in [7, 11) is 0. The van der Waals surface area contributed by atoms with Crippen molar-refractivity contribution in [2.75, 3.05) is 6.26 Å². The summed E-state index contributed by atoms with van der Waals surface area (Å²) in [5.74, 6) is 6.28. The van der Waals surface area contributed by atoms with Gasteiger partial charge >= 0.3 is 5.97 Å². The second-order valence-electron chi connectivity index (χ2n) is 5.44. The number of rotatable bonds is 3. The van der Waals surface area contributed by atoms with Gasteiger partial charge in [-0.1, -0.05) is 11.8 Å². The van der Waals surface area contributed by atoms with Crippen LogP contribution in [0.2, 0.25) is 0 Å². The predicted molar refractivity (Wildman–Crippen MR) is 104 cm³/mol. The van der Waals surface area contributed by atoms with Gasteiger partial charge in [0.1, 0.15) is 11.5 Å². The number of ether oxygens (including phenoxy) is 1. The van der Waals surface area contributed by atoms with Crippen LogP contribution in [-0.4, -0.2) is 17.3 Å². The van der Waals surface area contributed by atoms with Crippen LogP contribution in [0.1, 0.15) is 21.5 Å². The van der Waals surface area contributed by atoms with Crippen molar-refractivity contribution in [3.8, 4) is 23.3 Å². The Morgan fingerprint density at radius 1 is 0.846 bits per heavy atom. The first-order valence-corrected chi connectivity index (χ1v) is 9.14. The van der Waals surface area contributed by atoms with Gasteiger partial charge in [0, 0.05) is 16.0 Å². The van der Waals surface area contributed by atoms with Crippen LogP contribution in [0.4, 0.5) is 0 Å². The van der Waals surface area contributed by atoms with Crippen LogP contribution in [0, 0.1) is 11.8 Å². The lowest BCUT2D eigenvalue weighted by Gasteiger charge is -2.04. The third-order valence-corrected chi connectivity index (χ3v) is 4.35. The van der Waals surface area contributed by atoms with Crippen LogP contribution in [0.25, 0.3) is 0 Å². The third-order valence-electron chi connectivity index (χ3n) is 3.61. The van der Waals surface area contributed by atoms with Crippen molar-refractivity contribution >= 4 is 17.7 Å². The summed E-state index contributed by atoms with van der Waals surface area (Å²) in [4.78, 5) is 13.2.